The standard InChI is InChI=1S/C17H26N2O2/c1-14-9-11-19(12-10-14)17(21)18-16(8-5-13-20)15-6-3-2-4-7-15/h2-4,6-7,14,16,20H,5,8-13H2,1H3,(H,18,21). The molecular weight excluding hydrogens is 264 g/mol. The van der Waals surface area contributed by atoms with Crippen molar-refractivity contribution in [1.29, 1.82) is 0 Å². The Morgan fingerprint density at radius 2 is 2.00 bits per heavy atom. The number of nitrogens with one attached hydrogen (secondary N) is 1. The second-order valence-corrected chi connectivity index (χ2v) is 5.95. The van der Waals surface area contributed by atoms with Crippen molar-refractivity contribution in [3.8, 4) is 0 Å². The Balaban J connectivity index is 1.96. The summed E-state index contributed by atoms with van der Waals surface area (Å²) in [7, 11) is 0. The molecule has 1 atom stereocenters. The van der Waals surface area contributed by atoms with Crippen LogP contribution >= 0.6 is 0 Å². The summed E-state index contributed by atoms with van der Waals surface area (Å²) in [5.74, 6) is 0.716. The smallest absolute Gasteiger partial charge is 0.317 e. The molecule has 0 aromatic heterocycles. The van der Waals surface area contributed by atoms with Gasteiger partial charge in [-0.15, -0.1) is 0 Å². The SMILES string of the molecule is CC1CCN(C(=O)NC(CCCO)c2ccccc2)CC1. The van der Waals surface area contributed by atoms with Gasteiger partial charge in [-0.3, -0.25) is 0 Å². The minimum Gasteiger partial charge on any atom is -0.396 e. The van der Waals surface area contributed by atoms with Crippen molar-refractivity contribution >= 4 is 6.03 Å². The highest BCUT2D eigenvalue weighted by molar-refractivity contribution is 5.74. The van der Waals surface area contributed by atoms with Crippen LogP contribution in [0.2, 0.25) is 0 Å². The first-order valence-corrected chi connectivity index (χ1v) is 7.92. The van der Waals surface area contributed by atoms with Crippen LogP contribution in [0.1, 0.15) is 44.2 Å². The van der Waals surface area contributed by atoms with Crippen molar-refractivity contribution in [2.24, 2.45) is 5.92 Å². The Morgan fingerprint density at radius 1 is 1.33 bits per heavy atom. The first kappa shape index (κ1) is 15.8. The van der Waals surface area contributed by atoms with E-state index in [4.69, 9.17) is 5.11 Å². The Kier molecular flexibility index (Phi) is 6.05. The number of carbonyl (C=O) groups is 1. The number of hydrogen-bond donors (Lipinski definition) is 2. The van der Waals surface area contributed by atoms with Crippen molar-refractivity contribution in [3.05, 3.63) is 35.9 Å². The summed E-state index contributed by atoms with van der Waals surface area (Å²) in [4.78, 5) is 14.3. The van der Waals surface area contributed by atoms with Crippen LogP contribution in [0.5, 0.6) is 0 Å². The molecule has 4 nitrogen and oxygen atoms in total. The lowest BCUT2D eigenvalue weighted by molar-refractivity contribution is 0.169. The van der Waals surface area contributed by atoms with Crippen LogP contribution in [0.4, 0.5) is 4.79 Å². The van der Waals surface area contributed by atoms with Crippen molar-refractivity contribution in [1.82, 2.24) is 10.2 Å². The van der Waals surface area contributed by atoms with Crippen molar-refractivity contribution in [2.75, 3.05) is 19.7 Å². The molecular formula is C17H26N2O2. The number of rotatable bonds is 5. The summed E-state index contributed by atoms with van der Waals surface area (Å²) >= 11 is 0. The van der Waals surface area contributed by atoms with Gasteiger partial charge in [0.1, 0.15) is 0 Å². The molecule has 116 valence electrons. The van der Waals surface area contributed by atoms with Crippen molar-refractivity contribution in [2.45, 2.75) is 38.6 Å². The molecule has 4 heteroatoms. The lowest BCUT2D eigenvalue weighted by Crippen LogP contribution is -2.45. The Morgan fingerprint density at radius 3 is 2.62 bits per heavy atom. The van der Waals surface area contributed by atoms with E-state index in [-0.39, 0.29) is 18.7 Å². The normalized spacial score (nSPS) is 17.5. The van der Waals surface area contributed by atoms with Crippen LogP contribution in [-0.2, 0) is 0 Å². The van der Waals surface area contributed by atoms with Crippen LogP contribution in [-0.4, -0.2) is 35.7 Å². The second-order valence-electron chi connectivity index (χ2n) is 5.95. The average Bonchev–Trinajstić information content (AvgIpc) is 2.52. The van der Waals surface area contributed by atoms with Crippen molar-refractivity contribution < 1.29 is 9.90 Å². The summed E-state index contributed by atoms with van der Waals surface area (Å²) in [6.07, 6.45) is 3.62. The number of benzene rings is 1. The summed E-state index contributed by atoms with van der Waals surface area (Å²) in [6.45, 7) is 4.08. The van der Waals surface area contributed by atoms with Gasteiger partial charge < -0.3 is 15.3 Å². The number of aliphatic hydroxyl groups excluding tert-OH is 1. The molecule has 0 saturated carbocycles. The number of likely N-dealkylation sites (tertiary alicyclic amines) is 1. The molecule has 1 aromatic carbocycles. The Labute approximate surface area is 127 Å². The van der Waals surface area contributed by atoms with Gasteiger partial charge in [0.2, 0.25) is 0 Å². The van der Waals surface area contributed by atoms with E-state index >= 15 is 0 Å². The van der Waals surface area contributed by atoms with Gasteiger partial charge in [0.15, 0.2) is 0 Å². The minimum atomic E-state index is -0.0230. The maximum atomic E-state index is 12.4. The quantitative estimate of drug-likeness (QED) is 0.876. The van der Waals surface area contributed by atoms with Gasteiger partial charge in [0.25, 0.3) is 0 Å². The van der Waals surface area contributed by atoms with Gasteiger partial charge in [-0.05, 0) is 37.2 Å². The molecule has 2 rings (SSSR count). The molecule has 0 aliphatic carbocycles. The average molecular weight is 290 g/mol. The largest absolute Gasteiger partial charge is 0.396 e. The molecule has 1 aliphatic heterocycles. The molecule has 1 fully saturated rings. The molecule has 0 bridgehead atoms. The van der Waals surface area contributed by atoms with E-state index in [1.54, 1.807) is 0 Å². The highest BCUT2D eigenvalue weighted by Crippen LogP contribution is 2.20. The monoisotopic (exact) mass is 290 g/mol. The van der Waals surface area contributed by atoms with Crippen LogP contribution in [0.3, 0.4) is 0 Å². The lowest BCUT2D eigenvalue weighted by Gasteiger charge is -2.32. The zero-order valence-corrected chi connectivity index (χ0v) is 12.8. The minimum absolute atomic E-state index is 0.0219. The number of hydrogen-bond acceptors (Lipinski definition) is 2. The van der Waals surface area contributed by atoms with Crippen LogP contribution in [0, 0.1) is 5.92 Å². The summed E-state index contributed by atoms with van der Waals surface area (Å²) < 4.78 is 0. The summed E-state index contributed by atoms with van der Waals surface area (Å²) in [5, 5.41) is 12.2. The van der Waals surface area contributed by atoms with Crippen LogP contribution in [0.15, 0.2) is 30.3 Å². The Bertz CT molecular complexity index is 428. The topological polar surface area (TPSA) is 52.6 Å². The number of piperidine rings is 1. The molecule has 1 aliphatic rings. The maximum absolute atomic E-state index is 12.4. The first-order chi connectivity index (χ1) is 10.2. The van der Waals surface area contributed by atoms with E-state index in [9.17, 15) is 4.79 Å². The van der Waals surface area contributed by atoms with Gasteiger partial charge in [0.05, 0.1) is 6.04 Å². The Hall–Kier alpha value is -1.55. The fourth-order valence-electron chi connectivity index (χ4n) is 2.75. The van der Waals surface area contributed by atoms with E-state index in [1.165, 1.54) is 0 Å². The highest BCUT2D eigenvalue weighted by atomic mass is 16.3. The molecule has 0 radical (unpaired) electrons. The predicted molar refractivity (Wildman–Crippen MR) is 84.0 cm³/mol. The fourth-order valence-corrected chi connectivity index (χ4v) is 2.75. The van der Waals surface area contributed by atoms with Gasteiger partial charge >= 0.3 is 6.03 Å². The van der Waals surface area contributed by atoms with Crippen molar-refractivity contribution in [3.63, 3.8) is 0 Å². The number of urea groups is 1. The molecule has 2 N–H and O–H groups in total. The molecule has 1 saturated heterocycles. The molecule has 0 spiro atoms. The third-order valence-electron chi connectivity index (χ3n) is 4.22. The molecule has 1 heterocycles. The van der Waals surface area contributed by atoms with Gasteiger partial charge in [-0.2, -0.15) is 0 Å². The predicted octanol–water partition coefficient (Wildman–Crippen LogP) is 2.94. The maximum Gasteiger partial charge on any atom is 0.317 e. The van der Waals surface area contributed by atoms with E-state index in [0.717, 1.165) is 37.9 Å². The highest BCUT2D eigenvalue weighted by Gasteiger charge is 2.22. The number of amides is 2. The third kappa shape index (κ3) is 4.74. The van der Waals surface area contributed by atoms with E-state index in [2.05, 4.69) is 12.2 Å². The molecule has 1 aromatic rings. The molecule has 21 heavy (non-hydrogen) atoms. The molecule has 1 unspecified atom stereocenters. The first-order valence-electron chi connectivity index (χ1n) is 7.92. The summed E-state index contributed by atoms with van der Waals surface area (Å²) in [6, 6.07) is 9.99. The van der Waals surface area contributed by atoms with Crippen LogP contribution < -0.4 is 5.32 Å². The number of nitrogens with zero attached hydrogens (tertiary/aromatic N) is 1. The van der Waals surface area contributed by atoms with Gasteiger partial charge in [0, 0.05) is 19.7 Å². The van der Waals surface area contributed by atoms with Gasteiger partial charge in [-0.1, -0.05) is 37.3 Å². The third-order valence-corrected chi connectivity index (χ3v) is 4.22. The second kappa shape index (κ2) is 8.03. The zero-order valence-electron chi connectivity index (χ0n) is 12.8. The fraction of sp³-hybridized carbons (Fsp3) is 0.588. The molecule has 2 amide bonds. The van der Waals surface area contributed by atoms with E-state index < -0.39 is 0 Å². The lowest BCUT2D eigenvalue weighted by atomic mass is 9.99. The van der Waals surface area contributed by atoms with Crippen LogP contribution in [0.25, 0.3) is 0 Å². The number of carbonyl (C=O) groups excluding carboxylic acids is 1. The van der Waals surface area contributed by atoms with Gasteiger partial charge in [-0.25, -0.2) is 4.79 Å². The van der Waals surface area contributed by atoms with E-state index in [1.807, 2.05) is 35.2 Å². The summed E-state index contributed by atoms with van der Waals surface area (Å²) in [5.41, 5.74) is 1.10. The number of aliphatic hydroxyl groups is 1. The zero-order chi connectivity index (χ0) is 15.1. The van der Waals surface area contributed by atoms with E-state index in [0.29, 0.717) is 12.3 Å².